The lowest BCUT2D eigenvalue weighted by Gasteiger charge is -2.23. The lowest BCUT2D eigenvalue weighted by atomic mass is 9.96. The summed E-state index contributed by atoms with van der Waals surface area (Å²) in [7, 11) is 0. The van der Waals surface area contributed by atoms with Crippen LogP contribution in [0.2, 0.25) is 0 Å². The third-order valence-electron chi connectivity index (χ3n) is 11.3. The van der Waals surface area contributed by atoms with Crippen LogP contribution in [-0.2, 0) is 0 Å². The molecule has 1 aliphatic rings. The van der Waals surface area contributed by atoms with Gasteiger partial charge >= 0.3 is 0 Å². The Morgan fingerprint density at radius 2 is 1.18 bits per heavy atom. The zero-order valence-electron chi connectivity index (χ0n) is 30.6. The SMILES string of the molecule is c1ccc(C2=NC(c3ccc4oc5cccc(-c6cccc7c8ccccc8n(-c8ccccc8)c67)c5c4c3)=NC(c3cccc4c3oc3ccccc34)N2)cc1. The minimum absolute atomic E-state index is 0.443. The van der Waals surface area contributed by atoms with Crippen LogP contribution in [-0.4, -0.2) is 16.2 Å². The maximum atomic E-state index is 6.59. The molecule has 12 rings (SSSR count). The van der Waals surface area contributed by atoms with E-state index in [0.29, 0.717) is 5.84 Å². The van der Waals surface area contributed by atoms with Gasteiger partial charge in [-0.25, -0.2) is 9.98 Å². The highest BCUT2D eigenvalue weighted by Crippen LogP contribution is 2.43. The van der Waals surface area contributed by atoms with Gasteiger partial charge in [0.2, 0.25) is 0 Å². The molecule has 1 unspecified atom stereocenters. The van der Waals surface area contributed by atoms with Gasteiger partial charge in [-0.3, -0.25) is 0 Å². The van der Waals surface area contributed by atoms with E-state index in [1.165, 1.54) is 16.3 Å². The number of hydrogen-bond donors (Lipinski definition) is 1. The molecule has 6 nitrogen and oxygen atoms in total. The van der Waals surface area contributed by atoms with Gasteiger partial charge in [-0.05, 0) is 54.1 Å². The maximum absolute atomic E-state index is 6.59. The molecular weight excluding hydrogens is 701 g/mol. The number of fused-ring (bicyclic) bond motifs is 9. The van der Waals surface area contributed by atoms with Crippen molar-refractivity contribution < 1.29 is 8.83 Å². The second kappa shape index (κ2) is 12.4. The van der Waals surface area contributed by atoms with Crippen molar-refractivity contribution in [3.63, 3.8) is 0 Å². The van der Waals surface area contributed by atoms with Gasteiger partial charge in [0, 0.05) is 60.3 Å². The van der Waals surface area contributed by atoms with Crippen molar-refractivity contribution >= 4 is 77.4 Å². The largest absolute Gasteiger partial charge is 0.456 e. The van der Waals surface area contributed by atoms with E-state index in [1.54, 1.807) is 0 Å². The molecule has 6 heteroatoms. The number of para-hydroxylation sites is 5. The van der Waals surface area contributed by atoms with E-state index in [4.69, 9.17) is 18.8 Å². The highest BCUT2D eigenvalue weighted by Gasteiger charge is 2.26. The first-order chi connectivity index (χ1) is 28.3. The minimum Gasteiger partial charge on any atom is -0.456 e. The average Bonchev–Trinajstić information content (AvgIpc) is 3.96. The minimum atomic E-state index is -0.443. The molecule has 0 saturated heterocycles. The first-order valence-electron chi connectivity index (χ1n) is 19.2. The smallest absolute Gasteiger partial charge is 0.159 e. The fourth-order valence-corrected chi connectivity index (χ4v) is 8.74. The van der Waals surface area contributed by atoms with Crippen LogP contribution in [0.5, 0.6) is 0 Å². The van der Waals surface area contributed by atoms with Crippen LogP contribution in [0.15, 0.2) is 201 Å². The van der Waals surface area contributed by atoms with Crippen molar-refractivity contribution in [1.29, 1.82) is 0 Å². The first-order valence-corrected chi connectivity index (χ1v) is 19.2. The first kappa shape index (κ1) is 31.6. The molecule has 1 N–H and O–H groups in total. The molecule has 0 fully saturated rings. The van der Waals surface area contributed by atoms with Crippen molar-refractivity contribution in [3.8, 4) is 16.8 Å². The Morgan fingerprint density at radius 3 is 2.07 bits per heavy atom. The van der Waals surface area contributed by atoms with Crippen molar-refractivity contribution in [1.82, 2.24) is 9.88 Å². The van der Waals surface area contributed by atoms with Gasteiger partial charge < -0.3 is 18.7 Å². The third kappa shape index (κ3) is 4.90. The highest BCUT2D eigenvalue weighted by molar-refractivity contribution is 6.21. The second-order valence-electron chi connectivity index (χ2n) is 14.5. The monoisotopic (exact) mass is 732 g/mol. The molecule has 268 valence electrons. The summed E-state index contributed by atoms with van der Waals surface area (Å²) in [5.74, 6) is 1.38. The molecule has 11 aromatic rings. The number of rotatable bonds is 5. The number of nitrogens with one attached hydrogen (secondary N) is 1. The third-order valence-corrected chi connectivity index (χ3v) is 11.3. The predicted molar refractivity (Wildman–Crippen MR) is 233 cm³/mol. The molecule has 8 aromatic carbocycles. The number of aliphatic imine (C=N–C) groups is 2. The molecule has 3 aromatic heterocycles. The van der Waals surface area contributed by atoms with Crippen LogP contribution >= 0.6 is 0 Å². The molecule has 1 atom stereocenters. The quantitative estimate of drug-likeness (QED) is 0.192. The van der Waals surface area contributed by atoms with Gasteiger partial charge in [0.25, 0.3) is 0 Å². The van der Waals surface area contributed by atoms with Gasteiger partial charge in [-0.15, -0.1) is 0 Å². The summed E-state index contributed by atoms with van der Waals surface area (Å²) in [6, 6.07) is 63.2. The van der Waals surface area contributed by atoms with Crippen LogP contribution in [0, 0.1) is 0 Å². The van der Waals surface area contributed by atoms with E-state index >= 15 is 0 Å². The van der Waals surface area contributed by atoms with E-state index in [9.17, 15) is 0 Å². The Hall–Kier alpha value is -7.70. The fraction of sp³-hybridized carbons (Fsp3) is 0.0196. The summed E-state index contributed by atoms with van der Waals surface area (Å²) in [5.41, 5.74) is 11.8. The zero-order valence-corrected chi connectivity index (χ0v) is 30.6. The normalized spacial score (nSPS) is 14.5. The lowest BCUT2D eigenvalue weighted by molar-refractivity contribution is 0.628. The molecule has 0 saturated carbocycles. The van der Waals surface area contributed by atoms with Gasteiger partial charge in [0.15, 0.2) is 12.0 Å². The van der Waals surface area contributed by atoms with Crippen molar-refractivity contribution in [2.75, 3.05) is 0 Å². The summed E-state index contributed by atoms with van der Waals surface area (Å²) >= 11 is 0. The number of hydrogen-bond acceptors (Lipinski definition) is 5. The Labute approximate surface area is 326 Å². The highest BCUT2D eigenvalue weighted by atomic mass is 16.3. The molecule has 0 radical (unpaired) electrons. The Kier molecular flexibility index (Phi) is 6.89. The number of furan rings is 2. The van der Waals surface area contributed by atoms with Crippen LogP contribution < -0.4 is 5.32 Å². The summed E-state index contributed by atoms with van der Waals surface area (Å²) in [4.78, 5) is 10.5. The van der Waals surface area contributed by atoms with Gasteiger partial charge in [0.05, 0.1) is 11.0 Å². The van der Waals surface area contributed by atoms with Crippen LogP contribution in [0.25, 0.3) is 82.5 Å². The van der Waals surface area contributed by atoms with E-state index in [0.717, 1.165) is 88.7 Å². The maximum Gasteiger partial charge on any atom is 0.159 e. The summed E-state index contributed by atoms with van der Waals surface area (Å²) in [6.07, 6.45) is -0.443. The van der Waals surface area contributed by atoms with Gasteiger partial charge in [0.1, 0.15) is 28.2 Å². The molecule has 0 aliphatic carbocycles. The van der Waals surface area contributed by atoms with E-state index in [2.05, 4.69) is 149 Å². The number of benzene rings is 8. The number of amidine groups is 2. The van der Waals surface area contributed by atoms with Gasteiger partial charge in [-0.1, -0.05) is 133 Å². The number of aromatic nitrogens is 1. The Bertz CT molecular complexity index is 3440. The molecule has 1 aliphatic heterocycles. The van der Waals surface area contributed by atoms with Crippen molar-refractivity contribution in [2.24, 2.45) is 9.98 Å². The molecule has 0 spiro atoms. The Morgan fingerprint density at radius 1 is 0.491 bits per heavy atom. The summed E-state index contributed by atoms with van der Waals surface area (Å²) in [6.45, 7) is 0. The van der Waals surface area contributed by atoms with Gasteiger partial charge in [-0.2, -0.15) is 0 Å². The number of nitrogens with zero attached hydrogens (tertiary/aromatic N) is 3. The van der Waals surface area contributed by atoms with Crippen molar-refractivity contribution in [2.45, 2.75) is 6.17 Å². The topological polar surface area (TPSA) is 68.0 Å². The lowest BCUT2D eigenvalue weighted by Crippen LogP contribution is -2.33. The standard InChI is InChI=1S/C51H32N4O2/c1-3-14-31(15-4-1)49-52-50(54-51(53-49)40-24-12-23-39-35-19-8-10-26-43(35)57-48(39)40)32-28-29-44-41(30-32)46-36(20-13-27-45(46)56-44)38-22-11-21-37-34-18-7-9-25-42(34)55(47(37)38)33-16-5-2-6-17-33/h1-30,51H,(H,52,53,54). The molecule has 0 bridgehead atoms. The molecular formula is C51H32N4O2. The summed E-state index contributed by atoms with van der Waals surface area (Å²) in [5, 5.41) is 10.3. The molecule has 0 amide bonds. The van der Waals surface area contributed by atoms with E-state index in [1.807, 2.05) is 42.5 Å². The summed E-state index contributed by atoms with van der Waals surface area (Å²) < 4.78 is 15.5. The predicted octanol–water partition coefficient (Wildman–Crippen LogP) is 12.7. The molecule has 57 heavy (non-hydrogen) atoms. The van der Waals surface area contributed by atoms with Crippen LogP contribution in [0.4, 0.5) is 0 Å². The average molecular weight is 733 g/mol. The van der Waals surface area contributed by atoms with Crippen molar-refractivity contribution in [3.05, 3.63) is 199 Å². The zero-order chi connectivity index (χ0) is 37.5. The fourth-order valence-electron chi connectivity index (χ4n) is 8.74. The second-order valence-corrected chi connectivity index (χ2v) is 14.5. The molecule has 4 heterocycles. The van der Waals surface area contributed by atoms with E-state index < -0.39 is 6.17 Å². The van der Waals surface area contributed by atoms with E-state index in [-0.39, 0.29) is 0 Å². The van der Waals surface area contributed by atoms with Crippen LogP contribution in [0.1, 0.15) is 22.9 Å². The Balaban J connectivity index is 1.07. The van der Waals surface area contributed by atoms with Crippen LogP contribution in [0.3, 0.4) is 0 Å².